The van der Waals surface area contributed by atoms with Crippen LogP contribution in [0.1, 0.15) is 19.0 Å². The summed E-state index contributed by atoms with van der Waals surface area (Å²) < 4.78 is 40.2. The van der Waals surface area contributed by atoms with Gasteiger partial charge >= 0.3 is 6.18 Å². The lowest BCUT2D eigenvalue weighted by Crippen LogP contribution is -2.12. The quantitative estimate of drug-likeness (QED) is 0.858. The molecule has 0 aliphatic heterocycles. The fourth-order valence-corrected chi connectivity index (χ4v) is 2.36. The van der Waals surface area contributed by atoms with Crippen LogP contribution in [0, 0.1) is 0 Å². The third-order valence-corrected chi connectivity index (χ3v) is 3.29. The van der Waals surface area contributed by atoms with Gasteiger partial charge in [0.05, 0.1) is 11.1 Å². The highest BCUT2D eigenvalue weighted by molar-refractivity contribution is 7.99. The van der Waals surface area contributed by atoms with E-state index in [0.29, 0.717) is 11.4 Å². The first kappa shape index (κ1) is 15.6. The van der Waals surface area contributed by atoms with Crippen molar-refractivity contribution in [2.24, 2.45) is 7.05 Å². The van der Waals surface area contributed by atoms with Crippen molar-refractivity contribution in [3.8, 4) is 0 Å². The Hall–Kier alpha value is -1.77. The maximum atomic E-state index is 12.9. The number of nitrogens with zero attached hydrogens (tertiary/aromatic N) is 4. The van der Waals surface area contributed by atoms with Crippen LogP contribution in [-0.4, -0.2) is 26.3 Å². The third kappa shape index (κ3) is 4.35. The van der Waals surface area contributed by atoms with Crippen molar-refractivity contribution < 1.29 is 13.2 Å². The Kier molecular flexibility index (Phi) is 4.71. The smallest absolute Gasteiger partial charge is 0.354 e. The van der Waals surface area contributed by atoms with Gasteiger partial charge < -0.3 is 5.32 Å². The van der Waals surface area contributed by atoms with E-state index in [2.05, 4.69) is 20.4 Å². The number of hydrogen-bond donors (Lipinski definition) is 1. The molecule has 2 aromatic heterocycles. The van der Waals surface area contributed by atoms with Crippen LogP contribution >= 0.6 is 11.8 Å². The second-order valence-electron chi connectivity index (χ2n) is 4.29. The number of aryl methyl sites for hydroxylation is 1. The number of halogens is 3. The molecule has 21 heavy (non-hydrogen) atoms. The molecule has 0 aliphatic rings. The van der Waals surface area contributed by atoms with Gasteiger partial charge in [0.25, 0.3) is 0 Å². The van der Waals surface area contributed by atoms with E-state index in [1.165, 1.54) is 0 Å². The third-order valence-electron chi connectivity index (χ3n) is 2.43. The zero-order valence-electron chi connectivity index (χ0n) is 11.5. The Morgan fingerprint density at radius 3 is 2.67 bits per heavy atom. The minimum atomic E-state index is -4.50. The predicted molar refractivity (Wildman–Crippen MR) is 73.1 cm³/mol. The molecular formula is C12H14F3N5S. The molecule has 0 bridgehead atoms. The first-order valence-corrected chi connectivity index (χ1v) is 7.07. The summed E-state index contributed by atoms with van der Waals surface area (Å²) in [5, 5.41) is 6.98. The van der Waals surface area contributed by atoms with Gasteiger partial charge in [-0.05, 0) is 6.42 Å². The Bertz CT molecular complexity index is 611. The maximum absolute atomic E-state index is 12.9. The van der Waals surface area contributed by atoms with Crippen molar-refractivity contribution in [3.05, 3.63) is 24.2 Å². The second-order valence-corrected chi connectivity index (χ2v) is 5.39. The van der Waals surface area contributed by atoms with Gasteiger partial charge in [-0.15, -0.1) is 0 Å². The molecule has 0 unspecified atom stereocenters. The fourth-order valence-electron chi connectivity index (χ4n) is 1.51. The number of rotatable bonds is 5. The molecule has 0 spiro atoms. The van der Waals surface area contributed by atoms with Gasteiger partial charge in [-0.2, -0.15) is 18.3 Å². The largest absolute Gasteiger partial charge is 0.433 e. The molecule has 0 saturated heterocycles. The predicted octanol–water partition coefficient (Wildman–Crippen LogP) is 3.20. The van der Waals surface area contributed by atoms with Gasteiger partial charge in [0.2, 0.25) is 5.95 Å². The fraction of sp³-hybridized carbons (Fsp3) is 0.417. The highest BCUT2D eigenvalue weighted by Gasteiger charge is 2.33. The van der Waals surface area contributed by atoms with Gasteiger partial charge in [-0.25, -0.2) is 9.97 Å². The molecule has 2 rings (SSSR count). The molecular weight excluding hydrogens is 303 g/mol. The zero-order chi connectivity index (χ0) is 15.5. The van der Waals surface area contributed by atoms with E-state index in [9.17, 15) is 13.2 Å². The summed E-state index contributed by atoms with van der Waals surface area (Å²) in [6.45, 7) is 2.42. The molecule has 2 heterocycles. The molecule has 0 radical (unpaired) electrons. The molecule has 0 atom stereocenters. The molecule has 2 aromatic rings. The lowest BCUT2D eigenvalue weighted by molar-refractivity contribution is -0.141. The molecule has 114 valence electrons. The van der Waals surface area contributed by atoms with E-state index in [1.807, 2.05) is 6.92 Å². The number of aromatic nitrogens is 4. The van der Waals surface area contributed by atoms with Crippen LogP contribution in [0.15, 0.2) is 28.4 Å². The summed E-state index contributed by atoms with van der Waals surface area (Å²) in [6.07, 6.45) is -0.459. The molecule has 9 heteroatoms. The molecule has 0 aromatic carbocycles. The van der Waals surface area contributed by atoms with Crippen LogP contribution in [0.5, 0.6) is 0 Å². The highest BCUT2D eigenvalue weighted by atomic mass is 32.2. The summed E-state index contributed by atoms with van der Waals surface area (Å²) in [6, 6.07) is 0.939. The number of hydrogen-bond acceptors (Lipinski definition) is 5. The van der Waals surface area contributed by atoms with Crippen molar-refractivity contribution in [2.45, 2.75) is 29.4 Å². The number of nitrogens with one attached hydrogen (secondary N) is 1. The molecule has 0 amide bonds. The molecule has 0 fully saturated rings. The normalized spacial score (nSPS) is 11.7. The Balaban J connectivity index is 2.30. The molecule has 5 nitrogen and oxygen atoms in total. The van der Waals surface area contributed by atoms with Gasteiger partial charge in [0.15, 0.2) is 5.69 Å². The molecule has 0 saturated carbocycles. The molecule has 1 N–H and O–H groups in total. The molecule has 0 aliphatic carbocycles. The van der Waals surface area contributed by atoms with Gasteiger partial charge in [-0.1, -0.05) is 18.7 Å². The standard InChI is InChI=1S/C12H14F3N5S/c1-3-4-16-11-18-9(12(13,14)15)5-10(19-11)21-8-6-17-20(2)7-8/h5-7H,3-4H2,1-2H3,(H,16,18,19). The summed E-state index contributed by atoms with van der Waals surface area (Å²) >= 11 is 1.11. The van der Waals surface area contributed by atoms with Crippen LogP contribution in [0.25, 0.3) is 0 Å². The Morgan fingerprint density at radius 1 is 1.33 bits per heavy atom. The lowest BCUT2D eigenvalue weighted by atomic mass is 10.4. The topological polar surface area (TPSA) is 55.6 Å². The van der Waals surface area contributed by atoms with Crippen LogP contribution < -0.4 is 5.32 Å². The average molecular weight is 317 g/mol. The zero-order valence-corrected chi connectivity index (χ0v) is 12.3. The minimum Gasteiger partial charge on any atom is -0.354 e. The van der Waals surface area contributed by atoms with Crippen LogP contribution in [-0.2, 0) is 13.2 Å². The van der Waals surface area contributed by atoms with Crippen molar-refractivity contribution in [1.29, 1.82) is 0 Å². The average Bonchev–Trinajstić information content (AvgIpc) is 2.80. The van der Waals surface area contributed by atoms with E-state index in [4.69, 9.17) is 0 Å². The van der Waals surface area contributed by atoms with E-state index in [1.54, 1.807) is 24.1 Å². The van der Waals surface area contributed by atoms with Crippen molar-refractivity contribution in [2.75, 3.05) is 11.9 Å². The van der Waals surface area contributed by atoms with Crippen LogP contribution in [0.2, 0.25) is 0 Å². The van der Waals surface area contributed by atoms with Gasteiger partial charge in [-0.3, -0.25) is 4.68 Å². The number of anilines is 1. The Morgan fingerprint density at radius 2 is 2.10 bits per heavy atom. The van der Waals surface area contributed by atoms with Gasteiger partial charge in [0, 0.05) is 25.9 Å². The second kappa shape index (κ2) is 6.33. The first-order chi connectivity index (χ1) is 9.88. The summed E-state index contributed by atoms with van der Waals surface area (Å²) in [5.41, 5.74) is -0.956. The van der Waals surface area contributed by atoms with E-state index in [-0.39, 0.29) is 11.0 Å². The number of alkyl halides is 3. The van der Waals surface area contributed by atoms with E-state index in [0.717, 1.165) is 24.2 Å². The van der Waals surface area contributed by atoms with Gasteiger partial charge in [0.1, 0.15) is 5.03 Å². The van der Waals surface area contributed by atoms with E-state index < -0.39 is 11.9 Å². The summed E-state index contributed by atoms with van der Waals surface area (Å²) in [7, 11) is 1.74. The monoisotopic (exact) mass is 317 g/mol. The van der Waals surface area contributed by atoms with Crippen molar-refractivity contribution in [1.82, 2.24) is 19.7 Å². The first-order valence-electron chi connectivity index (χ1n) is 6.25. The highest BCUT2D eigenvalue weighted by Crippen LogP contribution is 2.33. The Labute approximate surface area is 124 Å². The summed E-state index contributed by atoms with van der Waals surface area (Å²) in [4.78, 5) is 8.31. The van der Waals surface area contributed by atoms with Crippen molar-refractivity contribution in [3.63, 3.8) is 0 Å². The minimum absolute atomic E-state index is 0.0157. The van der Waals surface area contributed by atoms with Crippen molar-refractivity contribution >= 4 is 17.7 Å². The van der Waals surface area contributed by atoms with Crippen LogP contribution in [0.3, 0.4) is 0 Å². The lowest BCUT2D eigenvalue weighted by Gasteiger charge is -2.10. The SMILES string of the molecule is CCCNc1nc(Sc2cnn(C)c2)cc(C(F)(F)F)n1. The van der Waals surface area contributed by atoms with E-state index >= 15 is 0 Å². The maximum Gasteiger partial charge on any atom is 0.433 e. The summed E-state index contributed by atoms with van der Waals surface area (Å²) in [5.74, 6) is -0.0157. The van der Waals surface area contributed by atoms with Crippen LogP contribution in [0.4, 0.5) is 19.1 Å².